The van der Waals surface area contributed by atoms with E-state index in [-0.39, 0.29) is 5.92 Å². The predicted octanol–water partition coefficient (Wildman–Crippen LogP) is 4.26. The molecule has 16 heavy (non-hydrogen) atoms. The molecule has 0 bridgehead atoms. The highest BCUT2D eigenvalue weighted by Crippen LogP contribution is 2.27. The lowest BCUT2D eigenvalue weighted by molar-refractivity contribution is -0.325. The summed E-state index contributed by atoms with van der Waals surface area (Å²) in [6, 6.07) is 0. The molecule has 1 saturated carbocycles. The lowest BCUT2D eigenvalue weighted by atomic mass is 9.84. The van der Waals surface area contributed by atoms with Crippen LogP contribution < -0.4 is 0 Å². The Balaban J connectivity index is 2.57. The summed E-state index contributed by atoms with van der Waals surface area (Å²) in [6.07, 6.45) is 1.97. The highest BCUT2D eigenvalue weighted by Gasteiger charge is 2.32. The summed E-state index contributed by atoms with van der Waals surface area (Å²) in [5.74, 6) is 0.191. The van der Waals surface area contributed by atoms with Gasteiger partial charge in [-0.1, -0.05) is 37.8 Å². The van der Waals surface area contributed by atoms with E-state index in [0.717, 1.165) is 32.1 Å². The first-order valence-corrected chi connectivity index (χ1v) is 5.84. The fourth-order valence-electron chi connectivity index (χ4n) is 2.13. The number of rotatable bonds is 4. The number of hydrogen-bond acceptors (Lipinski definition) is 2. The van der Waals surface area contributed by atoms with Crippen molar-refractivity contribution in [2.45, 2.75) is 58.2 Å². The standard InChI is InChI=1S/C11H18F3NO/c1-2-6-10(15-16-11(12,13)14)9-7-4-3-5-8-9/h9H,2-8H2,1H3. The minimum absolute atomic E-state index is 0.191. The van der Waals surface area contributed by atoms with Crippen LogP contribution in [0, 0.1) is 5.92 Å². The third-order valence-corrected chi connectivity index (χ3v) is 2.85. The quantitative estimate of drug-likeness (QED) is 0.529. The van der Waals surface area contributed by atoms with E-state index in [1.54, 1.807) is 0 Å². The number of oxime groups is 1. The smallest absolute Gasteiger partial charge is 0.294 e. The summed E-state index contributed by atoms with van der Waals surface area (Å²) >= 11 is 0. The van der Waals surface area contributed by atoms with Gasteiger partial charge in [-0.2, -0.15) is 0 Å². The molecule has 0 radical (unpaired) electrons. The van der Waals surface area contributed by atoms with Crippen LogP contribution in [-0.4, -0.2) is 12.1 Å². The summed E-state index contributed by atoms with van der Waals surface area (Å²) < 4.78 is 35.7. The lowest BCUT2D eigenvalue weighted by Gasteiger charge is -2.22. The van der Waals surface area contributed by atoms with Crippen LogP contribution in [0.4, 0.5) is 13.2 Å². The van der Waals surface area contributed by atoms with Gasteiger partial charge >= 0.3 is 6.36 Å². The second-order valence-electron chi connectivity index (χ2n) is 4.20. The van der Waals surface area contributed by atoms with Gasteiger partial charge in [-0.15, -0.1) is 13.2 Å². The number of alkyl halides is 3. The summed E-state index contributed by atoms with van der Waals surface area (Å²) in [5.41, 5.74) is 0.583. The fourth-order valence-corrected chi connectivity index (χ4v) is 2.13. The van der Waals surface area contributed by atoms with Gasteiger partial charge in [-0.3, -0.25) is 4.84 Å². The molecule has 1 rings (SSSR count). The Labute approximate surface area is 93.8 Å². The highest BCUT2D eigenvalue weighted by molar-refractivity contribution is 5.86. The topological polar surface area (TPSA) is 21.6 Å². The van der Waals surface area contributed by atoms with Crippen LogP contribution in [0.25, 0.3) is 0 Å². The summed E-state index contributed by atoms with van der Waals surface area (Å²) in [7, 11) is 0. The molecule has 2 nitrogen and oxygen atoms in total. The molecule has 0 aromatic carbocycles. The Morgan fingerprint density at radius 3 is 2.38 bits per heavy atom. The molecular weight excluding hydrogens is 219 g/mol. The molecule has 1 fully saturated rings. The number of hydrogen-bond donors (Lipinski definition) is 0. The SMILES string of the molecule is CCCC(=NOC(F)(F)F)C1CCCCC1. The van der Waals surface area contributed by atoms with Crippen LogP contribution in [0.2, 0.25) is 0 Å². The van der Waals surface area contributed by atoms with E-state index in [1.165, 1.54) is 6.42 Å². The molecule has 0 aromatic rings. The van der Waals surface area contributed by atoms with Crippen molar-refractivity contribution in [1.29, 1.82) is 0 Å². The van der Waals surface area contributed by atoms with E-state index in [0.29, 0.717) is 12.1 Å². The van der Waals surface area contributed by atoms with E-state index < -0.39 is 6.36 Å². The molecule has 0 heterocycles. The van der Waals surface area contributed by atoms with Gasteiger partial charge in [-0.05, 0) is 19.3 Å². The molecular formula is C11H18F3NO. The van der Waals surface area contributed by atoms with Gasteiger partial charge in [-0.25, -0.2) is 0 Å². The summed E-state index contributed by atoms with van der Waals surface area (Å²) in [5, 5.41) is 3.30. The van der Waals surface area contributed by atoms with Gasteiger partial charge in [0.25, 0.3) is 0 Å². The van der Waals surface area contributed by atoms with Gasteiger partial charge in [0.05, 0.1) is 5.71 Å². The van der Waals surface area contributed by atoms with Gasteiger partial charge in [0.2, 0.25) is 0 Å². The van der Waals surface area contributed by atoms with Crippen molar-refractivity contribution >= 4 is 5.71 Å². The molecule has 5 heteroatoms. The minimum atomic E-state index is -4.66. The van der Waals surface area contributed by atoms with Crippen molar-refractivity contribution in [2.24, 2.45) is 11.1 Å². The van der Waals surface area contributed by atoms with Crippen molar-refractivity contribution in [1.82, 2.24) is 0 Å². The first kappa shape index (κ1) is 13.3. The Morgan fingerprint density at radius 1 is 1.25 bits per heavy atom. The predicted molar refractivity (Wildman–Crippen MR) is 56.1 cm³/mol. The zero-order valence-electron chi connectivity index (χ0n) is 9.52. The van der Waals surface area contributed by atoms with Crippen LogP contribution in [0.1, 0.15) is 51.9 Å². The maximum absolute atomic E-state index is 11.9. The van der Waals surface area contributed by atoms with Gasteiger partial charge < -0.3 is 0 Å². The van der Waals surface area contributed by atoms with E-state index in [2.05, 4.69) is 9.99 Å². The molecule has 0 N–H and O–H groups in total. The Hall–Kier alpha value is -0.740. The van der Waals surface area contributed by atoms with Gasteiger partial charge in [0, 0.05) is 5.92 Å². The maximum Gasteiger partial charge on any atom is 0.593 e. The number of halogens is 3. The molecule has 0 aliphatic heterocycles. The normalized spacial score (nSPS) is 19.9. The molecule has 0 amide bonds. The molecule has 94 valence electrons. The molecule has 0 saturated heterocycles. The Kier molecular flexibility index (Phi) is 5.09. The van der Waals surface area contributed by atoms with Crippen molar-refractivity contribution in [3.8, 4) is 0 Å². The monoisotopic (exact) mass is 237 g/mol. The highest BCUT2D eigenvalue weighted by atomic mass is 19.4. The molecule has 1 aliphatic rings. The van der Waals surface area contributed by atoms with Crippen LogP contribution in [-0.2, 0) is 4.84 Å². The first-order chi connectivity index (χ1) is 7.53. The van der Waals surface area contributed by atoms with Crippen molar-refractivity contribution in [3.63, 3.8) is 0 Å². The molecule has 0 aromatic heterocycles. The van der Waals surface area contributed by atoms with Crippen LogP contribution in [0.5, 0.6) is 0 Å². The van der Waals surface area contributed by atoms with Gasteiger partial charge in [0.15, 0.2) is 0 Å². The molecule has 0 spiro atoms. The minimum Gasteiger partial charge on any atom is -0.294 e. The van der Waals surface area contributed by atoms with Crippen LogP contribution >= 0.6 is 0 Å². The van der Waals surface area contributed by atoms with E-state index >= 15 is 0 Å². The van der Waals surface area contributed by atoms with E-state index in [9.17, 15) is 13.2 Å². The molecule has 1 aliphatic carbocycles. The second kappa shape index (κ2) is 6.11. The Bertz CT molecular complexity index is 232. The van der Waals surface area contributed by atoms with E-state index in [4.69, 9.17) is 0 Å². The summed E-state index contributed by atoms with van der Waals surface area (Å²) in [4.78, 5) is 3.59. The molecule has 0 unspecified atom stereocenters. The van der Waals surface area contributed by atoms with Crippen molar-refractivity contribution in [2.75, 3.05) is 0 Å². The zero-order chi connectivity index (χ0) is 12.0. The van der Waals surface area contributed by atoms with Crippen molar-refractivity contribution < 1.29 is 18.0 Å². The largest absolute Gasteiger partial charge is 0.593 e. The lowest BCUT2D eigenvalue weighted by Crippen LogP contribution is -2.20. The first-order valence-electron chi connectivity index (χ1n) is 5.84. The third-order valence-electron chi connectivity index (χ3n) is 2.85. The average Bonchev–Trinajstić information content (AvgIpc) is 2.24. The van der Waals surface area contributed by atoms with Crippen LogP contribution in [0.3, 0.4) is 0 Å². The summed E-state index contributed by atoms with van der Waals surface area (Å²) in [6.45, 7) is 1.94. The molecule has 0 atom stereocenters. The van der Waals surface area contributed by atoms with Crippen molar-refractivity contribution in [3.05, 3.63) is 0 Å². The average molecular weight is 237 g/mol. The van der Waals surface area contributed by atoms with Gasteiger partial charge in [0.1, 0.15) is 0 Å². The Morgan fingerprint density at radius 2 is 1.88 bits per heavy atom. The fraction of sp³-hybridized carbons (Fsp3) is 0.909. The van der Waals surface area contributed by atoms with E-state index in [1.807, 2.05) is 6.92 Å². The maximum atomic E-state index is 11.9. The third kappa shape index (κ3) is 4.86. The zero-order valence-corrected chi connectivity index (χ0v) is 9.52. The van der Waals surface area contributed by atoms with Crippen LogP contribution in [0.15, 0.2) is 5.16 Å². The second-order valence-corrected chi connectivity index (χ2v) is 4.20. The number of nitrogens with zero attached hydrogens (tertiary/aromatic N) is 1.